The Labute approximate surface area is 119 Å². The summed E-state index contributed by atoms with van der Waals surface area (Å²) in [5, 5.41) is 13.6. The highest BCUT2D eigenvalue weighted by Crippen LogP contribution is 2.26. The minimum absolute atomic E-state index is 0.0765. The predicted octanol–water partition coefficient (Wildman–Crippen LogP) is 2.82. The zero-order valence-corrected chi connectivity index (χ0v) is 12.3. The van der Waals surface area contributed by atoms with Gasteiger partial charge in [-0.1, -0.05) is 19.8 Å². The average molecular weight is 278 g/mol. The van der Waals surface area contributed by atoms with Gasteiger partial charge in [-0.2, -0.15) is 5.10 Å². The summed E-state index contributed by atoms with van der Waals surface area (Å²) in [6, 6.07) is 4.94. The normalized spacial score (nSPS) is 11.2. The molecule has 0 fully saturated rings. The number of nitrogens with one attached hydrogen (secondary N) is 1. The summed E-state index contributed by atoms with van der Waals surface area (Å²) in [5.41, 5.74) is 3.98. The van der Waals surface area contributed by atoms with E-state index >= 15 is 0 Å². The Balaban J connectivity index is 2.62. The fourth-order valence-corrected chi connectivity index (χ4v) is 1.70. The summed E-state index contributed by atoms with van der Waals surface area (Å²) in [4.78, 5) is 11.5. The molecule has 1 rings (SSSR count). The molecule has 20 heavy (non-hydrogen) atoms. The fourth-order valence-electron chi connectivity index (χ4n) is 1.70. The molecule has 0 atom stereocenters. The smallest absolute Gasteiger partial charge is 0.240 e. The van der Waals surface area contributed by atoms with Crippen molar-refractivity contribution in [2.75, 3.05) is 7.11 Å². The van der Waals surface area contributed by atoms with Crippen LogP contribution in [0.3, 0.4) is 0 Å². The molecule has 0 radical (unpaired) electrons. The Morgan fingerprint density at radius 3 is 2.80 bits per heavy atom. The molecule has 110 valence electrons. The molecule has 0 unspecified atom stereocenters. The summed E-state index contributed by atoms with van der Waals surface area (Å²) in [7, 11) is 1.49. The van der Waals surface area contributed by atoms with Crippen LogP contribution in [-0.4, -0.2) is 23.8 Å². The number of unbranched alkanes of at least 4 members (excludes halogenated alkanes) is 2. The summed E-state index contributed by atoms with van der Waals surface area (Å²) in [5.74, 6) is 0.377. The van der Waals surface area contributed by atoms with E-state index < -0.39 is 0 Å². The number of amides is 1. The van der Waals surface area contributed by atoms with Gasteiger partial charge in [0.05, 0.1) is 12.8 Å². The molecule has 5 nitrogen and oxygen atoms in total. The van der Waals surface area contributed by atoms with E-state index in [-0.39, 0.29) is 11.7 Å². The minimum Gasteiger partial charge on any atom is -0.504 e. The van der Waals surface area contributed by atoms with Crippen LogP contribution >= 0.6 is 0 Å². The predicted molar refractivity (Wildman–Crippen MR) is 79.2 cm³/mol. The fraction of sp³-hybridized carbons (Fsp3) is 0.467. The second kappa shape index (κ2) is 8.19. The van der Waals surface area contributed by atoms with Crippen LogP contribution in [0.15, 0.2) is 23.3 Å². The molecule has 0 aliphatic rings. The molecular weight excluding hydrogens is 256 g/mol. The molecular formula is C15H22N2O3. The van der Waals surface area contributed by atoms with Gasteiger partial charge < -0.3 is 9.84 Å². The molecule has 0 aliphatic heterocycles. The Hall–Kier alpha value is -2.04. The number of carbonyl (C=O) groups excluding carboxylic acids is 1. The molecule has 0 bridgehead atoms. The third kappa shape index (κ3) is 4.91. The quantitative estimate of drug-likeness (QED) is 0.457. The number of methoxy groups -OCH3 is 1. The maximum Gasteiger partial charge on any atom is 0.240 e. The molecule has 1 aromatic carbocycles. The van der Waals surface area contributed by atoms with E-state index in [9.17, 15) is 9.90 Å². The van der Waals surface area contributed by atoms with Gasteiger partial charge in [-0.05, 0) is 31.5 Å². The molecule has 0 spiro atoms. The van der Waals surface area contributed by atoms with E-state index in [0.29, 0.717) is 17.9 Å². The van der Waals surface area contributed by atoms with Gasteiger partial charge in [0.1, 0.15) is 0 Å². The van der Waals surface area contributed by atoms with E-state index in [1.165, 1.54) is 13.2 Å². The van der Waals surface area contributed by atoms with Gasteiger partial charge >= 0.3 is 0 Å². The van der Waals surface area contributed by atoms with Crippen LogP contribution in [0.5, 0.6) is 11.5 Å². The van der Waals surface area contributed by atoms with Crippen molar-refractivity contribution in [3.8, 4) is 11.5 Å². The lowest BCUT2D eigenvalue weighted by atomic mass is 10.1. The molecule has 0 saturated heterocycles. The maximum absolute atomic E-state index is 11.5. The van der Waals surface area contributed by atoms with Crippen molar-refractivity contribution < 1.29 is 14.6 Å². The molecule has 0 aliphatic carbocycles. The number of rotatable bonds is 7. The number of phenols is 1. The largest absolute Gasteiger partial charge is 0.504 e. The number of phenolic OH excluding ortho intramolecular Hbond substituents is 1. The lowest BCUT2D eigenvalue weighted by Crippen LogP contribution is -2.18. The number of hydrogen-bond acceptors (Lipinski definition) is 4. The highest BCUT2D eigenvalue weighted by atomic mass is 16.5. The molecule has 0 saturated carbocycles. The first-order valence-corrected chi connectivity index (χ1v) is 6.79. The molecule has 0 heterocycles. The van der Waals surface area contributed by atoms with Gasteiger partial charge in [0.2, 0.25) is 5.91 Å². The summed E-state index contributed by atoms with van der Waals surface area (Å²) in [6.07, 6.45) is 3.50. The molecule has 0 aromatic heterocycles. The lowest BCUT2D eigenvalue weighted by Gasteiger charge is -2.07. The zero-order chi connectivity index (χ0) is 15.0. The Morgan fingerprint density at radius 2 is 2.15 bits per heavy atom. The molecule has 1 aromatic rings. The maximum atomic E-state index is 11.5. The van der Waals surface area contributed by atoms with E-state index in [1.54, 1.807) is 19.1 Å². The standard InChI is InChI=1S/C15H22N2O3/c1-4-5-6-7-15(19)17-16-11(2)12-8-9-13(18)14(10-12)20-3/h8-10,18H,4-7H2,1-3H3,(H,17,19). The van der Waals surface area contributed by atoms with Crippen LogP contribution in [0.2, 0.25) is 0 Å². The average Bonchev–Trinajstić information content (AvgIpc) is 2.45. The van der Waals surface area contributed by atoms with Gasteiger partial charge in [-0.25, -0.2) is 5.43 Å². The van der Waals surface area contributed by atoms with Gasteiger partial charge in [0.15, 0.2) is 11.5 Å². The zero-order valence-electron chi connectivity index (χ0n) is 12.3. The number of aromatic hydroxyl groups is 1. The van der Waals surface area contributed by atoms with Crippen molar-refractivity contribution >= 4 is 11.6 Å². The monoisotopic (exact) mass is 278 g/mol. The van der Waals surface area contributed by atoms with Crippen LogP contribution in [0, 0.1) is 0 Å². The van der Waals surface area contributed by atoms with Crippen LogP contribution in [0.25, 0.3) is 0 Å². The van der Waals surface area contributed by atoms with Gasteiger partial charge in [0, 0.05) is 12.0 Å². The SMILES string of the molecule is CCCCCC(=O)NN=C(C)c1ccc(O)c(OC)c1. The minimum atomic E-state index is -0.0801. The van der Waals surface area contributed by atoms with Gasteiger partial charge in [0.25, 0.3) is 0 Å². The highest BCUT2D eigenvalue weighted by molar-refractivity contribution is 5.99. The molecule has 1 amide bonds. The number of hydrazone groups is 1. The number of nitrogens with zero attached hydrogens (tertiary/aromatic N) is 1. The summed E-state index contributed by atoms with van der Waals surface area (Å²) < 4.78 is 5.03. The highest BCUT2D eigenvalue weighted by Gasteiger charge is 2.05. The van der Waals surface area contributed by atoms with E-state index in [0.717, 1.165) is 24.8 Å². The molecule has 5 heteroatoms. The number of carbonyl (C=O) groups is 1. The second-order valence-electron chi connectivity index (χ2n) is 4.58. The van der Waals surface area contributed by atoms with E-state index in [1.807, 2.05) is 0 Å². The van der Waals surface area contributed by atoms with Crippen LogP contribution in [-0.2, 0) is 4.79 Å². The first kappa shape index (κ1) is 16.0. The number of hydrogen-bond donors (Lipinski definition) is 2. The van der Waals surface area contributed by atoms with Crippen molar-refractivity contribution in [2.45, 2.75) is 39.5 Å². The summed E-state index contributed by atoms with van der Waals surface area (Å²) in [6.45, 7) is 3.89. The Morgan fingerprint density at radius 1 is 1.40 bits per heavy atom. The van der Waals surface area contributed by atoms with Crippen LogP contribution in [0.1, 0.15) is 45.1 Å². The lowest BCUT2D eigenvalue weighted by molar-refractivity contribution is -0.121. The first-order chi connectivity index (χ1) is 9.58. The van der Waals surface area contributed by atoms with Crippen molar-refractivity contribution in [3.63, 3.8) is 0 Å². The Bertz CT molecular complexity index is 484. The van der Waals surface area contributed by atoms with Crippen LogP contribution in [0.4, 0.5) is 0 Å². The molecule has 2 N–H and O–H groups in total. The van der Waals surface area contributed by atoms with Crippen molar-refractivity contribution in [3.05, 3.63) is 23.8 Å². The third-order valence-electron chi connectivity index (χ3n) is 2.95. The first-order valence-electron chi connectivity index (χ1n) is 6.79. The number of benzene rings is 1. The van der Waals surface area contributed by atoms with Gasteiger partial charge in [-0.15, -0.1) is 0 Å². The van der Waals surface area contributed by atoms with Crippen molar-refractivity contribution in [1.29, 1.82) is 0 Å². The second-order valence-corrected chi connectivity index (χ2v) is 4.58. The van der Waals surface area contributed by atoms with Crippen molar-refractivity contribution in [1.82, 2.24) is 5.43 Å². The number of ether oxygens (including phenoxy) is 1. The van der Waals surface area contributed by atoms with Crippen LogP contribution < -0.4 is 10.2 Å². The van der Waals surface area contributed by atoms with E-state index in [2.05, 4.69) is 17.5 Å². The van der Waals surface area contributed by atoms with E-state index in [4.69, 9.17) is 4.74 Å². The van der Waals surface area contributed by atoms with Crippen molar-refractivity contribution in [2.24, 2.45) is 5.10 Å². The van der Waals surface area contributed by atoms with Gasteiger partial charge in [-0.3, -0.25) is 4.79 Å². The summed E-state index contributed by atoms with van der Waals surface area (Å²) >= 11 is 0. The topological polar surface area (TPSA) is 70.9 Å². The Kier molecular flexibility index (Phi) is 6.56. The third-order valence-corrected chi connectivity index (χ3v) is 2.95.